The second-order valence-electron chi connectivity index (χ2n) is 4.91. The van der Waals surface area contributed by atoms with Gasteiger partial charge in [0.15, 0.2) is 15.8 Å². The highest BCUT2D eigenvalue weighted by Gasteiger charge is 2.07. The standard InChI is InChI=1S/C15H27N3O4S/c1-3-16-15(18-9-12-23(19,20)4-2)17-8-6-10-21-13-14-7-5-11-22-14/h5,7,11H,3-4,6,8-10,12-13H2,1-2H3,(H2,16,17,18). The zero-order valence-electron chi connectivity index (χ0n) is 13.9. The molecule has 1 rings (SSSR count). The van der Waals surface area contributed by atoms with Crippen molar-refractivity contribution >= 4 is 15.8 Å². The lowest BCUT2D eigenvalue weighted by atomic mass is 10.4. The molecule has 0 amide bonds. The molecule has 0 saturated heterocycles. The van der Waals surface area contributed by atoms with Crippen LogP contribution in [-0.4, -0.2) is 52.1 Å². The molecule has 0 saturated carbocycles. The first kappa shape index (κ1) is 19.5. The van der Waals surface area contributed by atoms with E-state index in [0.29, 0.717) is 32.3 Å². The van der Waals surface area contributed by atoms with Crippen LogP contribution in [0.15, 0.2) is 27.8 Å². The van der Waals surface area contributed by atoms with Crippen molar-refractivity contribution in [2.45, 2.75) is 26.9 Å². The molecular formula is C15H27N3O4S. The van der Waals surface area contributed by atoms with E-state index in [0.717, 1.165) is 18.7 Å². The van der Waals surface area contributed by atoms with Crippen molar-refractivity contribution in [3.8, 4) is 0 Å². The molecule has 0 radical (unpaired) electrons. The Morgan fingerprint density at radius 2 is 2.17 bits per heavy atom. The maximum atomic E-state index is 11.4. The van der Waals surface area contributed by atoms with Crippen LogP contribution in [0.4, 0.5) is 0 Å². The Bertz CT molecular complexity index is 541. The van der Waals surface area contributed by atoms with Crippen molar-refractivity contribution in [3.63, 3.8) is 0 Å². The Morgan fingerprint density at radius 1 is 1.35 bits per heavy atom. The van der Waals surface area contributed by atoms with Gasteiger partial charge >= 0.3 is 0 Å². The number of ether oxygens (including phenoxy) is 1. The number of rotatable bonds is 11. The van der Waals surface area contributed by atoms with Gasteiger partial charge in [0.1, 0.15) is 12.4 Å². The van der Waals surface area contributed by atoms with Crippen LogP contribution in [-0.2, 0) is 21.2 Å². The largest absolute Gasteiger partial charge is 0.467 e. The van der Waals surface area contributed by atoms with Gasteiger partial charge in [-0.25, -0.2) is 8.42 Å². The number of hydrogen-bond acceptors (Lipinski definition) is 5. The molecule has 0 aliphatic carbocycles. The van der Waals surface area contributed by atoms with Gasteiger partial charge in [-0.1, -0.05) is 6.92 Å². The predicted molar refractivity (Wildman–Crippen MR) is 91.3 cm³/mol. The van der Waals surface area contributed by atoms with Gasteiger partial charge in [-0.2, -0.15) is 0 Å². The van der Waals surface area contributed by atoms with Crippen LogP contribution in [0.5, 0.6) is 0 Å². The van der Waals surface area contributed by atoms with Gasteiger partial charge < -0.3 is 19.8 Å². The fraction of sp³-hybridized carbons (Fsp3) is 0.667. The van der Waals surface area contributed by atoms with Crippen LogP contribution in [0.1, 0.15) is 26.0 Å². The molecule has 2 N–H and O–H groups in total. The Kier molecular flexibility index (Phi) is 9.39. The Labute approximate surface area is 138 Å². The maximum Gasteiger partial charge on any atom is 0.191 e. The monoisotopic (exact) mass is 345 g/mol. The quantitative estimate of drug-likeness (QED) is 0.355. The molecule has 0 fully saturated rings. The Hall–Kier alpha value is -1.54. The van der Waals surface area contributed by atoms with E-state index < -0.39 is 9.84 Å². The number of furan rings is 1. The fourth-order valence-electron chi connectivity index (χ4n) is 1.74. The van der Waals surface area contributed by atoms with Crippen molar-refractivity contribution in [2.75, 3.05) is 37.7 Å². The number of sulfone groups is 1. The van der Waals surface area contributed by atoms with Gasteiger partial charge in [-0.3, -0.25) is 4.99 Å². The molecular weight excluding hydrogens is 318 g/mol. The first-order chi connectivity index (χ1) is 11.1. The minimum Gasteiger partial charge on any atom is -0.467 e. The third-order valence-corrected chi connectivity index (χ3v) is 4.74. The number of nitrogens with one attached hydrogen (secondary N) is 2. The van der Waals surface area contributed by atoms with E-state index in [2.05, 4.69) is 15.6 Å². The van der Waals surface area contributed by atoms with E-state index in [9.17, 15) is 8.42 Å². The summed E-state index contributed by atoms with van der Waals surface area (Å²) in [6, 6.07) is 3.70. The summed E-state index contributed by atoms with van der Waals surface area (Å²) >= 11 is 0. The lowest BCUT2D eigenvalue weighted by molar-refractivity contribution is 0.105. The molecule has 132 valence electrons. The van der Waals surface area contributed by atoms with Crippen molar-refractivity contribution in [1.29, 1.82) is 0 Å². The topological polar surface area (TPSA) is 92.9 Å². The third kappa shape index (κ3) is 9.25. The third-order valence-electron chi connectivity index (χ3n) is 3.03. The van der Waals surface area contributed by atoms with E-state index in [1.807, 2.05) is 19.1 Å². The van der Waals surface area contributed by atoms with E-state index >= 15 is 0 Å². The Morgan fingerprint density at radius 3 is 2.83 bits per heavy atom. The van der Waals surface area contributed by atoms with Crippen molar-refractivity contribution in [3.05, 3.63) is 24.2 Å². The molecule has 1 aromatic heterocycles. The second kappa shape index (κ2) is 11.1. The summed E-state index contributed by atoms with van der Waals surface area (Å²) in [6.45, 7) is 6.36. The van der Waals surface area contributed by atoms with Crippen LogP contribution < -0.4 is 10.6 Å². The van der Waals surface area contributed by atoms with Gasteiger partial charge in [-0.05, 0) is 25.5 Å². The number of guanidine groups is 1. The SMILES string of the molecule is CCNC(=NCCCOCc1ccco1)NCCS(=O)(=O)CC. The number of aliphatic imine (C=N–C) groups is 1. The predicted octanol–water partition coefficient (Wildman–Crippen LogP) is 1.18. The minimum atomic E-state index is -2.96. The van der Waals surface area contributed by atoms with Gasteiger partial charge in [0.2, 0.25) is 0 Å². The van der Waals surface area contributed by atoms with Crippen LogP contribution in [0.2, 0.25) is 0 Å². The summed E-state index contributed by atoms with van der Waals surface area (Å²) < 4.78 is 33.5. The summed E-state index contributed by atoms with van der Waals surface area (Å²) in [5, 5.41) is 6.12. The summed E-state index contributed by atoms with van der Waals surface area (Å²) in [7, 11) is -2.96. The lowest BCUT2D eigenvalue weighted by Crippen LogP contribution is -2.39. The van der Waals surface area contributed by atoms with E-state index in [-0.39, 0.29) is 11.5 Å². The van der Waals surface area contributed by atoms with Gasteiger partial charge in [-0.15, -0.1) is 0 Å². The molecule has 0 bridgehead atoms. The van der Waals surface area contributed by atoms with E-state index in [4.69, 9.17) is 9.15 Å². The average molecular weight is 345 g/mol. The van der Waals surface area contributed by atoms with Crippen LogP contribution in [0.3, 0.4) is 0 Å². The first-order valence-corrected chi connectivity index (χ1v) is 9.72. The first-order valence-electron chi connectivity index (χ1n) is 7.90. The zero-order valence-corrected chi connectivity index (χ0v) is 14.7. The lowest BCUT2D eigenvalue weighted by Gasteiger charge is -2.11. The van der Waals surface area contributed by atoms with Gasteiger partial charge in [0.25, 0.3) is 0 Å². The molecule has 0 unspecified atom stereocenters. The van der Waals surface area contributed by atoms with Crippen LogP contribution in [0, 0.1) is 0 Å². The summed E-state index contributed by atoms with van der Waals surface area (Å²) in [5.41, 5.74) is 0. The summed E-state index contributed by atoms with van der Waals surface area (Å²) in [4.78, 5) is 4.39. The highest BCUT2D eigenvalue weighted by atomic mass is 32.2. The molecule has 0 aromatic carbocycles. The molecule has 0 aliphatic heterocycles. The van der Waals surface area contributed by atoms with Gasteiger partial charge in [0, 0.05) is 32.0 Å². The normalized spacial score (nSPS) is 12.3. The summed E-state index contributed by atoms with van der Waals surface area (Å²) in [5.74, 6) is 1.71. The highest BCUT2D eigenvalue weighted by Crippen LogP contribution is 2.01. The molecule has 1 heterocycles. The maximum absolute atomic E-state index is 11.4. The van der Waals surface area contributed by atoms with Crippen LogP contribution >= 0.6 is 0 Å². The molecule has 23 heavy (non-hydrogen) atoms. The fourth-order valence-corrected chi connectivity index (χ4v) is 2.44. The molecule has 7 nitrogen and oxygen atoms in total. The summed E-state index contributed by atoms with van der Waals surface area (Å²) in [6.07, 6.45) is 2.40. The van der Waals surface area contributed by atoms with Crippen molar-refractivity contribution < 1.29 is 17.6 Å². The average Bonchev–Trinajstić information content (AvgIpc) is 3.03. The number of nitrogens with zero attached hydrogens (tertiary/aromatic N) is 1. The zero-order chi connectivity index (χ0) is 17.0. The van der Waals surface area contributed by atoms with E-state index in [1.165, 1.54) is 0 Å². The van der Waals surface area contributed by atoms with E-state index in [1.54, 1.807) is 13.2 Å². The highest BCUT2D eigenvalue weighted by molar-refractivity contribution is 7.91. The van der Waals surface area contributed by atoms with Crippen LogP contribution in [0.25, 0.3) is 0 Å². The number of hydrogen-bond donors (Lipinski definition) is 2. The smallest absolute Gasteiger partial charge is 0.191 e. The minimum absolute atomic E-state index is 0.111. The molecule has 8 heteroatoms. The van der Waals surface area contributed by atoms with Crippen molar-refractivity contribution in [1.82, 2.24) is 10.6 Å². The van der Waals surface area contributed by atoms with Crippen molar-refractivity contribution in [2.24, 2.45) is 4.99 Å². The second-order valence-corrected chi connectivity index (χ2v) is 7.38. The van der Waals surface area contributed by atoms with Gasteiger partial charge in [0.05, 0.1) is 12.0 Å². The molecule has 0 spiro atoms. The molecule has 1 aromatic rings. The molecule has 0 aliphatic rings. The Balaban J connectivity index is 2.20. The molecule has 0 atom stereocenters.